The molecule has 18 heavy (non-hydrogen) atoms. The quantitative estimate of drug-likeness (QED) is 0.806. The van der Waals surface area contributed by atoms with E-state index in [1.54, 1.807) is 0 Å². The monoisotopic (exact) mass is 262 g/mol. The van der Waals surface area contributed by atoms with Crippen molar-refractivity contribution in [1.29, 1.82) is 0 Å². The van der Waals surface area contributed by atoms with E-state index < -0.39 is 0 Å². The predicted octanol–water partition coefficient (Wildman–Crippen LogP) is 1.77. The highest BCUT2D eigenvalue weighted by atomic mass is 32.2. The number of carbonyl (C=O) groups excluding carboxylic acids is 1. The highest BCUT2D eigenvalue weighted by Crippen LogP contribution is 2.13. The molecule has 1 heterocycles. The minimum atomic E-state index is -0.0206. The molecule has 2 N–H and O–H groups in total. The first-order chi connectivity index (χ1) is 8.75. The van der Waals surface area contributed by atoms with E-state index in [1.807, 2.05) is 37.3 Å². The van der Waals surface area contributed by atoms with E-state index in [2.05, 4.69) is 20.5 Å². The number of hydrogen-bond acceptors (Lipinski definition) is 4. The molecule has 0 aliphatic heterocycles. The molecule has 0 spiro atoms. The number of rotatable bonds is 5. The Kier molecular flexibility index (Phi) is 4.35. The van der Waals surface area contributed by atoms with Crippen LogP contribution in [0.4, 0.5) is 0 Å². The van der Waals surface area contributed by atoms with Gasteiger partial charge in [-0.1, -0.05) is 42.1 Å². The second kappa shape index (κ2) is 6.20. The predicted molar refractivity (Wildman–Crippen MR) is 70.1 cm³/mol. The van der Waals surface area contributed by atoms with E-state index in [1.165, 1.54) is 18.1 Å². The summed E-state index contributed by atoms with van der Waals surface area (Å²) >= 11 is 1.33. The van der Waals surface area contributed by atoms with Crippen molar-refractivity contribution in [3.05, 3.63) is 42.2 Å². The first kappa shape index (κ1) is 12.6. The fourth-order valence-electron chi connectivity index (χ4n) is 1.51. The van der Waals surface area contributed by atoms with Crippen LogP contribution in [0.3, 0.4) is 0 Å². The minimum absolute atomic E-state index is 0.00836. The smallest absolute Gasteiger partial charge is 0.230 e. The van der Waals surface area contributed by atoms with E-state index >= 15 is 0 Å². The summed E-state index contributed by atoms with van der Waals surface area (Å²) in [5.41, 5.74) is 1.09. The molecule has 0 saturated heterocycles. The highest BCUT2D eigenvalue weighted by Gasteiger charge is 2.09. The van der Waals surface area contributed by atoms with Gasteiger partial charge in [-0.3, -0.25) is 9.89 Å². The van der Waals surface area contributed by atoms with Gasteiger partial charge in [-0.2, -0.15) is 5.10 Å². The maximum absolute atomic E-state index is 11.7. The zero-order chi connectivity index (χ0) is 12.8. The van der Waals surface area contributed by atoms with Gasteiger partial charge in [0.05, 0.1) is 11.8 Å². The molecule has 1 atom stereocenters. The number of carbonyl (C=O) groups is 1. The van der Waals surface area contributed by atoms with Gasteiger partial charge in [0.15, 0.2) is 5.16 Å². The second-order valence-electron chi connectivity index (χ2n) is 3.78. The molecular formula is C12H14N4OS. The van der Waals surface area contributed by atoms with Crippen LogP contribution < -0.4 is 5.32 Å². The average molecular weight is 262 g/mol. The zero-order valence-electron chi connectivity index (χ0n) is 9.96. The lowest BCUT2D eigenvalue weighted by molar-refractivity contribution is -0.119. The second-order valence-corrected chi connectivity index (χ2v) is 4.74. The summed E-state index contributed by atoms with van der Waals surface area (Å²) in [6, 6.07) is 9.87. The van der Waals surface area contributed by atoms with Crippen molar-refractivity contribution < 1.29 is 4.79 Å². The fourth-order valence-corrected chi connectivity index (χ4v) is 2.10. The molecule has 0 fully saturated rings. The lowest BCUT2D eigenvalue weighted by atomic mass is 10.1. The summed E-state index contributed by atoms with van der Waals surface area (Å²) in [6.07, 6.45) is 1.42. The molecule has 0 aliphatic carbocycles. The summed E-state index contributed by atoms with van der Waals surface area (Å²) in [6.45, 7) is 1.96. The van der Waals surface area contributed by atoms with Gasteiger partial charge in [0.1, 0.15) is 6.33 Å². The molecule has 6 heteroatoms. The van der Waals surface area contributed by atoms with Crippen molar-refractivity contribution in [1.82, 2.24) is 20.5 Å². The van der Waals surface area contributed by atoms with Gasteiger partial charge >= 0.3 is 0 Å². The van der Waals surface area contributed by atoms with E-state index in [-0.39, 0.29) is 11.9 Å². The lowest BCUT2D eigenvalue weighted by Crippen LogP contribution is -2.28. The Morgan fingerprint density at radius 2 is 2.22 bits per heavy atom. The molecule has 0 saturated carbocycles. The number of amides is 1. The lowest BCUT2D eigenvalue weighted by Gasteiger charge is -2.13. The molecule has 1 unspecified atom stereocenters. The third-order valence-electron chi connectivity index (χ3n) is 2.41. The topological polar surface area (TPSA) is 70.7 Å². The molecule has 94 valence electrons. The SMILES string of the molecule is CC(NC(=O)CSc1ncn[nH]1)c1ccccc1. The van der Waals surface area contributed by atoms with Crippen LogP contribution in [0.2, 0.25) is 0 Å². The maximum Gasteiger partial charge on any atom is 0.230 e. The third kappa shape index (κ3) is 3.59. The van der Waals surface area contributed by atoms with Crippen molar-refractivity contribution in [2.45, 2.75) is 18.1 Å². The Morgan fingerprint density at radius 3 is 2.89 bits per heavy atom. The van der Waals surface area contributed by atoms with Crippen molar-refractivity contribution in [2.75, 3.05) is 5.75 Å². The number of thioether (sulfide) groups is 1. The van der Waals surface area contributed by atoms with Crippen LogP contribution in [0.15, 0.2) is 41.8 Å². The highest BCUT2D eigenvalue weighted by molar-refractivity contribution is 7.99. The van der Waals surface area contributed by atoms with Crippen LogP contribution >= 0.6 is 11.8 Å². The molecule has 2 aromatic rings. The fraction of sp³-hybridized carbons (Fsp3) is 0.250. The van der Waals surface area contributed by atoms with Gasteiger partial charge in [0.25, 0.3) is 0 Å². The molecule has 0 bridgehead atoms. The summed E-state index contributed by atoms with van der Waals surface area (Å²) < 4.78 is 0. The Hall–Kier alpha value is -1.82. The third-order valence-corrected chi connectivity index (χ3v) is 3.29. The maximum atomic E-state index is 11.7. The van der Waals surface area contributed by atoms with Gasteiger partial charge in [0, 0.05) is 0 Å². The van der Waals surface area contributed by atoms with Crippen LogP contribution in [0.25, 0.3) is 0 Å². The van der Waals surface area contributed by atoms with Crippen molar-refractivity contribution in [2.24, 2.45) is 0 Å². The van der Waals surface area contributed by atoms with Gasteiger partial charge in [-0.25, -0.2) is 4.98 Å². The molecule has 5 nitrogen and oxygen atoms in total. The van der Waals surface area contributed by atoms with E-state index in [0.29, 0.717) is 10.9 Å². The van der Waals surface area contributed by atoms with Crippen molar-refractivity contribution in [3.63, 3.8) is 0 Å². The van der Waals surface area contributed by atoms with Crippen LogP contribution in [0.5, 0.6) is 0 Å². The summed E-state index contributed by atoms with van der Waals surface area (Å²) in [7, 11) is 0. The van der Waals surface area contributed by atoms with E-state index in [9.17, 15) is 4.79 Å². The van der Waals surface area contributed by atoms with Gasteiger partial charge < -0.3 is 5.32 Å². The first-order valence-electron chi connectivity index (χ1n) is 5.58. The Bertz CT molecular complexity index is 486. The number of aromatic amines is 1. The molecule has 1 aromatic carbocycles. The van der Waals surface area contributed by atoms with Gasteiger partial charge in [-0.05, 0) is 12.5 Å². The summed E-state index contributed by atoms with van der Waals surface area (Å²) in [5.74, 6) is 0.305. The standard InChI is InChI=1S/C12H14N4OS/c1-9(10-5-3-2-4-6-10)15-11(17)7-18-12-13-8-14-16-12/h2-6,8-9H,7H2,1H3,(H,15,17)(H,13,14,16). The van der Waals surface area contributed by atoms with Crippen LogP contribution in [-0.2, 0) is 4.79 Å². The molecular weight excluding hydrogens is 248 g/mol. The Morgan fingerprint density at radius 1 is 1.44 bits per heavy atom. The largest absolute Gasteiger partial charge is 0.349 e. The van der Waals surface area contributed by atoms with E-state index in [4.69, 9.17) is 0 Å². The Balaban J connectivity index is 1.80. The minimum Gasteiger partial charge on any atom is -0.349 e. The van der Waals surface area contributed by atoms with Gasteiger partial charge in [0.2, 0.25) is 5.91 Å². The molecule has 1 amide bonds. The van der Waals surface area contributed by atoms with E-state index in [0.717, 1.165) is 5.56 Å². The number of benzene rings is 1. The number of nitrogens with zero attached hydrogens (tertiary/aromatic N) is 2. The van der Waals surface area contributed by atoms with Crippen molar-refractivity contribution >= 4 is 17.7 Å². The van der Waals surface area contributed by atoms with Gasteiger partial charge in [-0.15, -0.1) is 0 Å². The van der Waals surface area contributed by atoms with Crippen LogP contribution in [0.1, 0.15) is 18.5 Å². The zero-order valence-corrected chi connectivity index (χ0v) is 10.8. The summed E-state index contributed by atoms with van der Waals surface area (Å²) in [5, 5.41) is 10.0. The number of hydrogen-bond donors (Lipinski definition) is 2. The molecule has 1 aromatic heterocycles. The van der Waals surface area contributed by atoms with Crippen molar-refractivity contribution in [3.8, 4) is 0 Å². The molecule has 2 rings (SSSR count). The Labute approximate surface area is 109 Å². The normalized spacial score (nSPS) is 12.1. The average Bonchev–Trinajstić information content (AvgIpc) is 2.90. The number of aromatic nitrogens is 3. The van der Waals surface area contributed by atoms with Crippen LogP contribution in [-0.4, -0.2) is 26.8 Å². The first-order valence-corrected chi connectivity index (χ1v) is 6.57. The number of nitrogens with one attached hydrogen (secondary N) is 2. The summed E-state index contributed by atoms with van der Waals surface area (Å²) in [4.78, 5) is 15.7. The van der Waals surface area contributed by atoms with Crippen LogP contribution in [0, 0.1) is 0 Å². The molecule has 0 radical (unpaired) electrons. The number of H-pyrrole nitrogens is 1. The molecule has 0 aliphatic rings.